The number of hydrogen-bond donors (Lipinski definition) is 3. The first-order valence-electron chi connectivity index (χ1n) is 8.52. The average Bonchev–Trinajstić information content (AvgIpc) is 2.60. The summed E-state index contributed by atoms with van der Waals surface area (Å²) in [4.78, 5) is 23.6. The smallest absolute Gasteiger partial charge is 0.243 e. The highest BCUT2D eigenvalue weighted by molar-refractivity contribution is 5.95. The number of benzene rings is 2. The molecule has 0 aliphatic carbocycles. The highest BCUT2D eigenvalue weighted by atomic mass is 16.2. The number of hydrogen-bond acceptors (Lipinski definition) is 3. The van der Waals surface area contributed by atoms with E-state index in [1.54, 1.807) is 31.2 Å². The molecule has 2 amide bonds. The van der Waals surface area contributed by atoms with E-state index < -0.39 is 0 Å². The third kappa shape index (κ3) is 5.64. The lowest BCUT2D eigenvalue weighted by atomic mass is 10.0. The van der Waals surface area contributed by atoms with Gasteiger partial charge in [-0.25, -0.2) is 0 Å². The molecule has 0 bridgehead atoms. The van der Waals surface area contributed by atoms with Gasteiger partial charge in [-0.2, -0.15) is 0 Å². The SMILES string of the molecule is CCC(=O)Nc1cccc(NC(=O)CNc2ccccc2C(C)C)c1. The van der Waals surface area contributed by atoms with E-state index in [0.717, 1.165) is 5.69 Å². The van der Waals surface area contributed by atoms with Gasteiger partial charge in [-0.1, -0.05) is 45.0 Å². The van der Waals surface area contributed by atoms with Gasteiger partial charge in [-0.05, 0) is 35.7 Å². The Hall–Kier alpha value is -2.82. The Balaban J connectivity index is 1.95. The summed E-state index contributed by atoms with van der Waals surface area (Å²) < 4.78 is 0. The molecule has 0 saturated carbocycles. The van der Waals surface area contributed by atoms with Crippen molar-refractivity contribution >= 4 is 28.9 Å². The summed E-state index contributed by atoms with van der Waals surface area (Å²) in [5, 5.41) is 8.81. The molecule has 2 rings (SSSR count). The average molecular weight is 339 g/mol. The Bertz CT molecular complexity index is 741. The summed E-state index contributed by atoms with van der Waals surface area (Å²) in [5.41, 5.74) is 3.47. The quantitative estimate of drug-likeness (QED) is 0.708. The van der Waals surface area contributed by atoms with Gasteiger partial charge in [0.1, 0.15) is 0 Å². The molecule has 0 unspecified atom stereocenters. The van der Waals surface area contributed by atoms with Crippen LogP contribution in [0.4, 0.5) is 17.1 Å². The molecular weight excluding hydrogens is 314 g/mol. The maximum absolute atomic E-state index is 12.2. The van der Waals surface area contributed by atoms with Crippen molar-refractivity contribution in [2.75, 3.05) is 22.5 Å². The zero-order chi connectivity index (χ0) is 18.2. The summed E-state index contributed by atoms with van der Waals surface area (Å²) in [6.45, 7) is 6.21. The van der Waals surface area contributed by atoms with Gasteiger partial charge in [0.2, 0.25) is 11.8 Å². The van der Waals surface area contributed by atoms with Crippen molar-refractivity contribution in [3.63, 3.8) is 0 Å². The zero-order valence-electron chi connectivity index (χ0n) is 14.9. The van der Waals surface area contributed by atoms with Gasteiger partial charge >= 0.3 is 0 Å². The van der Waals surface area contributed by atoms with Gasteiger partial charge in [0, 0.05) is 23.5 Å². The number of carbonyl (C=O) groups is 2. The molecule has 5 heteroatoms. The first-order chi connectivity index (χ1) is 12.0. The van der Waals surface area contributed by atoms with Gasteiger partial charge in [0.25, 0.3) is 0 Å². The highest BCUT2D eigenvalue weighted by Crippen LogP contribution is 2.23. The molecule has 0 aromatic heterocycles. The van der Waals surface area contributed by atoms with Crippen molar-refractivity contribution in [3.05, 3.63) is 54.1 Å². The first kappa shape index (κ1) is 18.5. The second-order valence-corrected chi connectivity index (χ2v) is 6.13. The zero-order valence-corrected chi connectivity index (χ0v) is 14.9. The molecule has 132 valence electrons. The van der Waals surface area contributed by atoms with E-state index in [0.29, 0.717) is 23.7 Å². The second kappa shape index (κ2) is 8.87. The van der Waals surface area contributed by atoms with Crippen LogP contribution in [-0.2, 0) is 9.59 Å². The highest BCUT2D eigenvalue weighted by Gasteiger charge is 2.08. The van der Waals surface area contributed by atoms with Crippen LogP contribution in [-0.4, -0.2) is 18.4 Å². The molecule has 5 nitrogen and oxygen atoms in total. The van der Waals surface area contributed by atoms with Gasteiger partial charge in [0.15, 0.2) is 0 Å². The van der Waals surface area contributed by atoms with E-state index in [4.69, 9.17) is 0 Å². The van der Waals surface area contributed by atoms with Crippen LogP contribution in [0.1, 0.15) is 38.7 Å². The third-order valence-electron chi connectivity index (χ3n) is 3.77. The van der Waals surface area contributed by atoms with Crippen molar-refractivity contribution in [1.29, 1.82) is 0 Å². The van der Waals surface area contributed by atoms with E-state index in [-0.39, 0.29) is 18.4 Å². The Morgan fingerprint density at radius 3 is 2.20 bits per heavy atom. The number of para-hydroxylation sites is 1. The van der Waals surface area contributed by atoms with E-state index in [2.05, 4.69) is 35.9 Å². The lowest BCUT2D eigenvalue weighted by Crippen LogP contribution is -2.22. The predicted molar refractivity (Wildman–Crippen MR) is 103 cm³/mol. The fraction of sp³-hybridized carbons (Fsp3) is 0.300. The summed E-state index contributed by atoms with van der Waals surface area (Å²) in [5.74, 6) is 0.179. The van der Waals surface area contributed by atoms with Crippen molar-refractivity contribution < 1.29 is 9.59 Å². The third-order valence-corrected chi connectivity index (χ3v) is 3.77. The molecule has 2 aromatic carbocycles. The van der Waals surface area contributed by atoms with Crippen LogP contribution in [0.5, 0.6) is 0 Å². The van der Waals surface area contributed by atoms with E-state index >= 15 is 0 Å². The standard InChI is InChI=1S/C20H25N3O2/c1-4-19(24)22-15-8-7-9-16(12-15)23-20(25)13-21-18-11-6-5-10-17(18)14(2)3/h5-12,14,21H,4,13H2,1-3H3,(H,22,24)(H,23,25). The number of nitrogens with one attached hydrogen (secondary N) is 3. The molecule has 0 fully saturated rings. The molecule has 0 aliphatic heterocycles. The molecule has 0 saturated heterocycles. The maximum atomic E-state index is 12.2. The fourth-order valence-electron chi connectivity index (χ4n) is 2.47. The number of amides is 2. The normalized spacial score (nSPS) is 10.4. The Kier molecular flexibility index (Phi) is 6.57. The van der Waals surface area contributed by atoms with E-state index in [1.807, 2.05) is 18.2 Å². The van der Waals surface area contributed by atoms with E-state index in [1.165, 1.54) is 5.56 Å². The maximum Gasteiger partial charge on any atom is 0.243 e. The van der Waals surface area contributed by atoms with Crippen LogP contribution in [0.15, 0.2) is 48.5 Å². The monoisotopic (exact) mass is 339 g/mol. The molecule has 0 heterocycles. The lowest BCUT2D eigenvalue weighted by molar-refractivity contribution is -0.116. The van der Waals surface area contributed by atoms with Gasteiger partial charge in [0.05, 0.1) is 6.54 Å². The minimum Gasteiger partial charge on any atom is -0.376 e. The van der Waals surface area contributed by atoms with Crippen LogP contribution in [0, 0.1) is 0 Å². The van der Waals surface area contributed by atoms with Crippen molar-refractivity contribution in [2.24, 2.45) is 0 Å². The summed E-state index contributed by atoms with van der Waals surface area (Å²) in [6, 6.07) is 15.1. The first-order valence-corrected chi connectivity index (χ1v) is 8.52. The van der Waals surface area contributed by atoms with Crippen molar-refractivity contribution in [1.82, 2.24) is 0 Å². The molecule has 2 aromatic rings. The lowest BCUT2D eigenvalue weighted by Gasteiger charge is -2.14. The van der Waals surface area contributed by atoms with Crippen molar-refractivity contribution in [2.45, 2.75) is 33.1 Å². The largest absolute Gasteiger partial charge is 0.376 e. The summed E-state index contributed by atoms with van der Waals surface area (Å²) in [7, 11) is 0. The number of rotatable bonds is 7. The van der Waals surface area contributed by atoms with Gasteiger partial charge in [-0.3, -0.25) is 9.59 Å². The Labute approximate surface area is 148 Å². The summed E-state index contributed by atoms with van der Waals surface area (Å²) >= 11 is 0. The van der Waals surface area contributed by atoms with Crippen LogP contribution >= 0.6 is 0 Å². The molecule has 0 radical (unpaired) electrons. The van der Waals surface area contributed by atoms with Crippen LogP contribution in [0.3, 0.4) is 0 Å². The molecular formula is C20H25N3O2. The topological polar surface area (TPSA) is 70.2 Å². The number of carbonyl (C=O) groups excluding carboxylic acids is 2. The fourth-order valence-corrected chi connectivity index (χ4v) is 2.47. The van der Waals surface area contributed by atoms with Gasteiger partial charge < -0.3 is 16.0 Å². The predicted octanol–water partition coefficient (Wildman–Crippen LogP) is 4.21. The van der Waals surface area contributed by atoms with Crippen LogP contribution < -0.4 is 16.0 Å². The van der Waals surface area contributed by atoms with Gasteiger partial charge in [-0.15, -0.1) is 0 Å². The minimum absolute atomic E-state index is 0.0598. The molecule has 0 atom stereocenters. The van der Waals surface area contributed by atoms with Crippen molar-refractivity contribution in [3.8, 4) is 0 Å². The Morgan fingerprint density at radius 2 is 1.56 bits per heavy atom. The second-order valence-electron chi connectivity index (χ2n) is 6.13. The molecule has 0 aliphatic rings. The Morgan fingerprint density at radius 1 is 0.920 bits per heavy atom. The molecule has 3 N–H and O–H groups in total. The molecule has 0 spiro atoms. The number of anilines is 3. The molecule has 25 heavy (non-hydrogen) atoms. The van der Waals surface area contributed by atoms with Crippen LogP contribution in [0.25, 0.3) is 0 Å². The summed E-state index contributed by atoms with van der Waals surface area (Å²) in [6.07, 6.45) is 0.412. The van der Waals surface area contributed by atoms with E-state index in [9.17, 15) is 9.59 Å². The van der Waals surface area contributed by atoms with Crippen LogP contribution in [0.2, 0.25) is 0 Å². The minimum atomic E-state index is -0.141.